The molecule has 2 aromatic carbocycles. The van der Waals surface area contributed by atoms with Gasteiger partial charge in [-0.1, -0.05) is 35.9 Å². The largest absolute Gasteiger partial charge is 0.361 e. The molecule has 0 saturated carbocycles. The lowest BCUT2D eigenvalue weighted by Crippen LogP contribution is -2.09. The van der Waals surface area contributed by atoms with Crippen LogP contribution >= 0.6 is 11.6 Å². The van der Waals surface area contributed by atoms with Crippen LogP contribution in [0.25, 0.3) is 10.9 Å². The minimum Gasteiger partial charge on any atom is -0.361 e. The van der Waals surface area contributed by atoms with E-state index in [2.05, 4.69) is 50.0 Å². The van der Waals surface area contributed by atoms with Crippen molar-refractivity contribution < 1.29 is 0 Å². The third-order valence-electron chi connectivity index (χ3n) is 4.65. The molecule has 0 atom stereocenters. The van der Waals surface area contributed by atoms with Gasteiger partial charge in [0, 0.05) is 46.1 Å². The van der Waals surface area contributed by atoms with E-state index in [1.807, 2.05) is 44.2 Å². The third kappa shape index (κ3) is 4.10. The summed E-state index contributed by atoms with van der Waals surface area (Å²) in [6.07, 6.45) is 2.95. The van der Waals surface area contributed by atoms with Crippen LogP contribution in [-0.4, -0.2) is 21.5 Å². The van der Waals surface area contributed by atoms with Gasteiger partial charge >= 0.3 is 0 Å². The van der Waals surface area contributed by atoms with Crippen molar-refractivity contribution in [3.8, 4) is 0 Å². The summed E-state index contributed by atoms with van der Waals surface area (Å²) < 4.78 is 0. The molecule has 4 rings (SSSR count). The Labute approximate surface area is 169 Å². The van der Waals surface area contributed by atoms with Crippen LogP contribution in [0.3, 0.4) is 0 Å². The summed E-state index contributed by atoms with van der Waals surface area (Å²) in [4.78, 5) is 12.4. The summed E-state index contributed by atoms with van der Waals surface area (Å²) in [5.41, 5.74) is 5.28. The molecule has 142 valence electrons. The highest BCUT2D eigenvalue weighted by atomic mass is 35.5. The van der Waals surface area contributed by atoms with Crippen molar-refractivity contribution >= 4 is 40.0 Å². The Kier molecular flexibility index (Phi) is 5.17. The van der Waals surface area contributed by atoms with Gasteiger partial charge in [0.1, 0.15) is 5.82 Å². The normalized spacial score (nSPS) is 11.0. The first-order valence-corrected chi connectivity index (χ1v) is 9.64. The number of nitrogens with one attached hydrogen (secondary N) is 3. The van der Waals surface area contributed by atoms with Crippen molar-refractivity contribution in [2.45, 2.75) is 20.3 Å². The number of fused-ring (bicyclic) bond motifs is 1. The van der Waals surface area contributed by atoms with Gasteiger partial charge in [-0.3, -0.25) is 0 Å². The Morgan fingerprint density at radius 2 is 1.89 bits per heavy atom. The highest BCUT2D eigenvalue weighted by Gasteiger charge is 2.06. The van der Waals surface area contributed by atoms with Gasteiger partial charge in [0.2, 0.25) is 5.95 Å². The van der Waals surface area contributed by atoms with Crippen LogP contribution in [0.5, 0.6) is 0 Å². The Bertz CT molecular complexity index is 1120. The van der Waals surface area contributed by atoms with E-state index in [4.69, 9.17) is 11.6 Å². The van der Waals surface area contributed by atoms with E-state index in [0.29, 0.717) is 5.95 Å². The molecule has 0 fully saturated rings. The number of hydrogen-bond donors (Lipinski definition) is 3. The molecule has 0 bridgehead atoms. The Morgan fingerprint density at radius 3 is 2.75 bits per heavy atom. The summed E-state index contributed by atoms with van der Waals surface area (Å²) >= 11 is 6.21. The van der Waals surface area contributed by atoms with Crippen molar-refractivity contribution in [2.75, 3.05) is 17.2 Å². The fourth-order valence-corrected chi connectivity index (χ4v) is 3.36. The monoisotopic (exact) mass is 391 g/mol. The molecule has 28 heavy (non-hydrogen) atoms. The number of hydrogen-bond acceptors (Lipinski definition) is 4. The van der Waals surface area contributed by atoms with Crippen LogP contribution in [0, 0.1) is 13.8 Å². The number of halogens is 1. The lowest BCUT2D eigenvalue weighted by molar-refractivity contribution is 0.981. The van der Waals surface area contributed by atoms with E-state index in [0.717, 1.165) is 46.3 Å². The van der Waals surface area contributed by atoms with E-state index in [1.165, 1.54) is 10.9 Å². The topological polar surface area (TPSA) is 65.6 Å². The van der Waals surface area contributed by atoms with Gasteiger partial charge in [-0.25, -0.2) is 4.98 Å². The number of rotatable bonds is 6. The van der Waals surface area contributed by atoms with Gasteiger partial charge in [0.15, 0.2) is 0 Å². The number of nitrogens with zero attached hydrogens (tertiary/aromatic N) is 2. The standard InChI is InChI=1S/C22H22ClN5/c1-14-7-8-17(12-19(14)23)27-21-11-15(2)26-22(28-21)24-10-9-16-13-25-20-6-4-3-5-18(16)20/h3-8,11-13,25H,9-10H2,1-2H3,(H2,24,26,27,28). The molecule has 0 aliphatic rings. The maximum absolute atomic E-state index is 6.21. The number of para-hydroxylation sites is 1. The zero-order valence-electron chi connectivity index (χ0n) is 15.9. The van der Waals surface area contributed by atoms with E-state index in [9.17, 15) is 0 Å². The number of aromatic amines is 1. The first-order valence-electron chi connectivity index (χ1n) is 9.26. The number of aryl methyl sites for hydroxylation is 2. The SMILES string of the molecule is Cc1cc(Nc2ccc(C)c(Cl)c2)nc(NCCc2c[nH]c3ccccc23)n1. The molecular formula is C22H22ClN5. The molecule has 6 heteroatoms. The fourth-order valence-electron chi connectivity index (χ4n) is 3.18. The predicted octanol–water partition coefficient (Wildman–Crippen LogP) is 5.63. The smallest absolute Gasteiger partial charge is 0.224 e. The second-order valence-electron chi connectivity index (χ2n) is 6.84. The molecule has 3 N–H and O–H groups in total. The molecule has 4 aromatic rings. The number of anilines is 3. The maximum atomic E-state index is 6.21. The molecule has 2 heterocycles. The van der Waals surface area contributed by atoms with Crippen LogP contribution < -0.4 is 10.6 Å². The predicted molar refractivity (Wildman–Crippen MR) is 117 cm³/mol. The van der Waals surface area contributed by atoms with E-state index in [1.54, 1.807) is 0 Å². The summed E-state index contributed by atoms with van der Waals surface area (Å²) in [6.45, 7) is 4.69. The molecule has 0 radical (unpaired) electrons. The zero-order valence-corrected chi connectivity index (χ0v) is 16.6. The molecule has 0 spiro atoms. The van der Waals surface area contributed by atoms with Crippen LogP contribution in [0.2, 0.25) is 5.02 Å². The maximum Gasteiger partial charge on any atom is 0.224 e. The minimum atomic E-state index is 0.612. The lowest BCUT2D eigenvalue weighted by atomic mass is 10.1. The molecule has 2 aromatic heterocycles. The van der Waals surface area contributed by atoms with E-state index < -0.39 is 0 Å². The second-order valence-corrected chi connectivity index (χ2v) is 7.25. The van der Waals surface area contributed by atoms with Crippen molar-refractivity contribution in [2.24, 2.45) is 0 Å². The summed E-state index contributed by atoms with van der Waals surface area (Å²) in [6, 6.07) is 16.1. The quantitative estimate of drug-likeness (QED) is 0.398. The average Bonchev–Trinajstić information content (AvgIpc) is 3.08. The molecule has 0 unspecified atom stereocenters. The molecule has 0 amide bonds. The zero-order chi connectivity index (χ0) is 19.5. The van der Waals surface area contributed by atoms with Crippen LogP contribution in [0.4, 0.5) is 17.5 Å². The van der Waals surface area contributed by atoms with E-state index in [-0.39, 0.29) is 0 Å². The summed E-state index contributed by atoms with van der Waals surface area (Å²) in [5, 5.41) is 8.62. The average molecular weight is 392 g/mol. The molecule has 0 aliphatic carbocycles. The second kappa shape index (κ2) is 7.90. The molecular weight excluding hydrogens is 370 g/mol. The van der Waals surface area contributed by atoms with Gasteiger partial charge < -0.3 is 15.6 Å². The van der Waals surface area contributed by atoms with Gasteiger partial charge in [0.25, 0.3) is 0 Å². The lowest BCUT2D eigenvalue weighted by Gasteiger charge is -2.11. The first-order chi connectivity index (χ1) is 13.6. The molecule has 0 aliphatic heterocycles. The van der Waals surface area contributed by atoms with E-state index >= 15 is 0 Å². The fraction of sp³-hybridized carbons (Fsp3) is 0.182. The highest BCUT2D eigenvalue weighted by Crippen LogP contribution is 2.23. The first kappa shape index (κ1) is 18.3. The molecule has 5 nitrogen and oxygen atoms in total. The van der Waals surface area contributed by atoms with Crippen LogP contribution in [0.15, 0.2) is 54.7 Å². The van der Waals surface area contributed by atoms with Gasteiger partial charge in [-0.2, -0.15) is 4.98 Å². The summed E-state index contributed by atoms with van der Waals surface area (Å²) in [5.74, 6) is 1.35. The van der Waals surface area contributed by atoms with Gasteiger partial charge in [-0.15, -0.1) is 0 Å². The van der Waals surface area contributed by atoms with Gasteiger partial charge in [-0.05, 0) is 49.6 Å². The van der Waals surface area contributed by atoms with Crippen LogP contribution in [-0.2, 0) is 6.42 Å². The number of benzene rings is 2. The highest BCUT2D eigenvalue weighted by molar-refractivity contribution is 6.31. The number of aromatic nitrogens is 3. The Balaban J connectivity index is 1.44. The van der Waals surface area contributed by atoms with Gasteiger partial charge in [0.05, 0.1) is 0 Å². The number of H-pyrrole nitrogens is 1. The summed E-state index contributed by atoms with van der Waals surface area (Å²) in [7, 11) is 0. The Morgan fingerprint density at radius 1 is 1.04 bits per heavy atom. The molecule has 0 saturated heterocycles. The van der Waals surface area contributed by atoms with Crippen molar-refractivity contribution in [3.63, 3.8) is 0 Å². The van der Waals surface area contributed by atoms with Crippen LogP contribution in [0.1, 0.15) is 16.8 Å². The third-order valence-corrected chi connectivity index (χ3v) is 5.06. The Hall–Kier alpha value is -3.05. The van der Waals surface area contributed by atoms with Crippen molar-refractivity contribution in [1.82, 2.24) is 15.0 Å². The minimum absolute atomic E-state index is 0.612. The van der Waals surface area contributed by atoms with Crippen molar-refractivity contribution in [3.05, 3.63) is 76.6 Å². The van der Waals surface area contributed by atoms with Crippen molar-refractivity contribution in [1.29, 1.82) is 0 Å².